The molecule has 0 radical (unpaired) electrons. The van der Waals surface area contributed by atoms with Gasteiger partial charge in [0.25, 0.3) is 0 Å². The SMILES string of the molecule is CCC(=O)N1CCc2cc(N3C[C@H](C(=O)Nc4ccccc4F)CC3=O)ccc21. The van der Waals surface area contributed by atoms with Crippen molar-refractivity contribution in [3.63, 3.8) is 0 Å². The van der Waals surface area contributed by atoms with Gasteiger partial charge in [0.2, 0.25) is 17.7 Å². The Morgan fingerprint density at radius 1 is 1.21 bits per heavy atom. The van der Waals surface area contributed by atoms with Gasteiger partial charge in [-0.3, -0.25) is 14.4 Å². The van der Waals surface area contributed by atoms with Crippen molar-refractivity contribution in [2.45, 2.75) is 26.2 Å². The standard InChI is InChI=1S/C22H22FN3O3/c1-2-20(27)25-10-9-14-11-16(7-8-19(14)25)26-13-15(12-21(26)28)22(29)24-18-6-4-3-5-17(18)23/h3-8,11,15H,2,9-10,12-13H2,1H3,(H,24,29)/t15-/m1/s1. The Labute approximate surface area is 168 Å². The van der Waals surface area contributed by atoms with Crippen LogP contribution in [-0.2, 0) is 20.8 Å². The molecule has 2 aliphatic rings. The second kappa shape index (κ2) is 7.66. The van der Waals surface area contributed by atoms with E-state index in [1.165, 1.54) is 12.1 Å². The molecule has 0 aromatic heterocycles. The highest BCUT2D eigenvalue weighted by Gasteiger charge is 2.36. The van der Waals surface area contributed by atoms with Crippen molar-refractivity contribution in [2.75, 3.05) is 28.2 Å². The molecule has 2 aromatic carbocycles. The first-order chi connectivity index (χ1) is 14.0. The molecule has 0 aliphatic carbocycles. The summed E-state index contributed by atoms with van der Waals surface area (Å²) >= 11 is 0. The number of fused-ring (bicyclic) bond motifs is 1. The van der Waals surface area contributed by atoms with Crippen LogP contribution in [0.3, 0.4) is 0 Å². The smallest absolute Gasteiger partial charge is 0.229 e. The van der Waals surface area contributed by atoms with E-state index in [4.69, 9.17) is 0 Å². The van der Waals surface area contributed by atoms with E-state index in [-0.39, 0.29) is 36.4 Å². The van der Waals surface area contributed by atoms with Gasteiger partial charge in [0.1, 0.15) is 5.82 Å². The Hall–Kier alpha value is -3.22. The van der Waals surface area contributed by atoms with E-state index >= 15 is 0 Å². The number of benzene rings is 2. The van der Waals surface area contributed by atoms with Gasteiger partial charge >= 0.3 is 0 Å². The number of nitrogens with one attached hydrogen (secondary N) is 1. The zero-order valence-electron chi connectivity index (χ0n) is 16.2. The first-order valence-electron chi connectivity index (χ1n) is 9.77. The van der Waals surface area contributed by atoms with Crippen molar-refractivity contribution in [1.29, 1.82) is 0 Å². The number of hydrogen-bond donors (Lipinski definition) is 1. The van der Waals surface area contributed by atoms with E-state index < -0.39 is 11.7 Å². The Bertz CT molecular complexity index is 991. The molecule has 150 valence electrons. The summed E-state index contributed by atoms with van der Waals surface area (Å²) in [6.45, 7) is 2.73. The summed E-state index contributed by atoms with van der Waals surface area (Å²) in [6.07, 6.45) is 1.27. The summed E-state index contributed by atoms with van der Waals surface area (Å²) in [5, 5.41) is 2.57. The predicted molar refractivity (Wildman–Crippen MR) is 108 cm³/mol. The lowest BCUT2D eigenvalue weighted by Crippen LogP contribution is -2.28. The fourth-order valence-corrected chi connectivity index (χ4v) is 3.94. The topological polar surface area (TPSA) is 69.7 Å². The maximum Gasteiger partial charge on any atom is 0.229 e. The van der Waals surface area contributed by atoms with E-state index in [2.05, 4.69) is 5.32 Å². The van der Waals surface area contributed by atoms with E-state index in [1.807, 2.05) is 25.1 Å². The average Bonchev–Trinajstić information content (AvgIpc) is 3.32. The minimum atomic E-state index is -0.548. The van der Waals surface area contributed by atoms with Gasteiger partial charge < -0.3 is 15.1 Å². The predicted octanol–water partition coefficient (Wildman–Crippen LogP) is 3.12. The largest absolute Gasteiger partial charge is 0.323 e. The van der Waals surface area contributed by atoms with Crippen LogP contribution in [0, 0.1) is 11.7 Å². The first kappa shape index (κ1) is 19.1. The summed E-state index contributed by atoms with van der Waals surface area (Å²) < 4.78 is 13.8. The van der Waals surface area contributed by atoms with Gasteiger partial charge in [0.05, 0.1) is 11.6 Å². The van der Waals surface area contributed by atoms with E-state index in [9.17, 15) is 18.8 Å². The average molecular weight is 395 g/mol. The zero-order chi connectivity index (χ0) is 20.5. The Morgan fingerprint density at radius 2 is 2.00 bits per heavy atom. The van der Waals surface area contributed by atoms with Gasteiger partial charge in [-0.2, -0.15) is 0 Å². The first-order valence-corrected chi connectivity index (χ1v) is 9.77. The lowest BCUT2D eigenvalue weighted by Gasteiger charge is -2.20. The molecule has 1 N–H and O–H groups in total. The van der Waals surface area contributed by atoms with Crippen molar-refractivity contribution in [2.24, 2.45) is 5.92 Å². The number of nitrogens with zero attached hydrogens (tertiary/aromatic N) is 2. The summed E-state index contributed by atoms with van der Waals surface area (Å²) in [4.78, 5) is 40.5. The number of hydrogen-bond acceptors (Lipinski definition) is 3. The monoisotopic (exact) mass is 395 g/mol. The molecule has 0 bridgehead atoms. The number of para-hydroxylation sites is 1. The fraction of sp³-hybridized carbons (Fsp3) is 0.318. The van der Waals surface area contributed by atoms with E-state index in [1.54, 1.807) is 21.9 Å². The van der Waals surface area contributed by atoms with Crippen LogP contribution in [-0.4, -0.2) is 30.8 Å². The van der Waals surface area contributed by atoms with Crippen LogP contribution in [0.2, 0.25) is 0 Å². The van der Waals surface area contributed by atoms with Crippen LogP contribution in [0.25, 0.3) is 0 Å². The number of rotatable bonds is 4. The van der Waals surface area contributed by atoms with E-state index in [0.717, 1.165) is 23.4 Å². The lowest BCUT2D eigenvalue weighted by molar-refractivity contribution is -0.122. The molecule has 29 heavy (non-hydrogen) atoms. The molecule has 0 unspecified atom stereocenters. The summed E-state index contributed by atoms with van der Waals surface area (Å²) in [5.41, 5.74) is 2.75. The molecule has 1 atom stereocenters. The molecule has 2 heterocycles. The molecule has 1 saturated heterocycles. The van der Waals surface area contributed by atoms with Gasteiger partial charge in [0.15, 0.2) is 0 Å². The van der Waals surface area contributed by atoms with Crippen molar-refractivity contribution in [3.8, 4) is 0 Å². The third kappa shape index (κ3) is 3.60. The molecule has 7 heteroatoms. The summed E-state index contributed by atoms with van der Waals surface area (Å²) in [5.74, 6) is -1.48. The maximum absolute atomic E-state index is 13.8. The van der Waals surface area contributed by atoms with Crippen LogP contribution < -0.4 is 15.1 Å². The third-order valence-electron chi connectivity index (χ3n) is 5.50. The van der Waals surface area contributed by atoms with Crippen molar-refractivity contribution in [1.82, 2.24) is 0 Å². The molecule has 2 aliphatic heterocycles. The van der Waals surface area contributed by atoms with Crippen LogP contribution in [0.5, 0.6) is 0 Å². The van der Waals surface area contributed by atoms with Gasteiger partial charge in [0, 0.05) is 37.3 Å². The number of amides is 3. The quantitative estimate of drug-likeness (QED) is 0.865. The highest BCUT2D eigenvalue weighted by molar-refractivity contribution is 6.04. The molecular formula is C22H22FN3O3. The Kier molecular flexibility index (Phi) is 5.05. The lowest BCUT2D eigenvalue weighted by atomic mass is 10.1. The minimum absolute atomic E-state index is 0.0812. The van der Waals surface area contributed by atoms with E-state index in [0.29, 0.717) is 13.0 Å². The van der Waals surface area contributed by atoms with Gasteiger partial charge in [-0.05, 0) is 42.3 Å². The zero-order valence-corrected chi connectivity index (χ0v) is 16.2. The van der Waals surface area contributed by atoms with Crippen LogP contribution in [0.4, 0.5) is 21.5 Å². The fourth-order valence-electron chi connectivity index (χ4n) is 3.94. The molecule has 0 saturated carbocycles. The molecule has 6 nitrogen and oxygen atoms in total. The van der Waals surface area contributed by atoms with Crippen LogP contribution in [0.15, 0.2) is 42.5 Å². The Balaban J connectivity index is 1.48. The van der Waals surface area contributed by atoms with Gasteiger partial charge in [-0.15, -0.1) is 0 Å². The number of carbonyl (C=O) groups excluding carboxylic acids is 3. The Morgan fingerprint density at radius 3 is 2.76 bits per heavy atom. The summed E-state index contributed by atoms with van der Waals surface area (Å²) in [7, 11) is 0. The highest BCUT2D eigenvalue weighted by Crippen LogP contribution is 2.34. The van der Waals surface area contributed by atoms with Crippen molar-refractivity contribution >= 4 is 34.8 Å². The van der Waals surface area contributed by atoms with Gasteiger partial charge in [-0.1, -0.05) is 19.1 Å². The second-order valence-electron chi connectivity index (χ2n) is 7.34. The highest BCUT2D eigenvalue weighted by atomic mass is 19.1. The minimum Gasteiger partial charge on any atom is -0.323 e. The number of carbonyl (C=O) groups is 3. The maximum atomic E-state index is 13.8. The molecule has 3 amide bonds. The molecule has 0 spiro atoms. The molecule has 2 aromatic rings. The van der Waals surface area contributed by atoms with Crippen LogP contribution >= 0.6 is 0 Å². The van der Waals surface area contributed by atoms with Gasteiger partial charge in [-0.25, -0.2) is 4.39 Å². The second-order valence-corrected chi connectivity index (χ2v) is 7.34. The third-order valence-corrected chi connectivity index (χ3v) is 5.50. The molecular weight excluding hydrogens is 373 g/mol. The summed E-state index contributed by atoms with van der Waals surface area (Å²) in [6, 6.07) is 11.6. The molecule has 1 fully saturated rings. The van der Waals surface area contributed by atoms with Crippen molar-refractivity contribution < 1.29 is 18.8 Å². The molecule has 4 rings (SSSR count). The number of anilines is 3. The normalized spacial score (nSPS) is 18.1. The van der Waals surface area contributed by atoms with Crippen LogP contribution in [0.1, 0.15) is 25.3 Å². The number of halogens is 1. The van der Waals surface area contributed by atoms with Crippen molar-refractivity contribution in [3.05, 3.63) is 53.8 Å².